The van der Waals surface area contributed by atoms with Crippen molar-refractivity contribution < 1.29 is 22.7 Å². The van der Waals surface area contributed by atoms with Crippen LogP contribution in [0.15, 0.2) is 23.1 Å². The Morgan fingerprint density at radius 1 is 1.27 bits per heavy atom. The average Bonchev–Trinajstić information content (AvgIpc) is 3.53. The molecule has 3 heterocycles. The van der Waals surface area contributed by atoms with Crippen molar-refractivity contribution in [2.24, 2.45) is 0 Å². The van der Waals surface area contributed by atoms with Crippen LogP contribution in [0.5, 0.6) is 5.75 Å². The minimum absolute atomic E-state index is 0.0607. The fraction of sp³-hybridized carbons (Fsp3) is 0.667. The Hall–Kier alpha value is -1.29. The molecule has 0 bridgehead atoms. The molecule has 3 aliphatic rings. The average molecular weight is 455 g/mol. The molecule has 2 atom stereocenters. The topological polar surface area (TPSA) is 76.1 Å². The normalized spacial score (nSPS) is 25.0. The number of nitrogens with zero attached hydrogens (tertiary/aromatic N) is 2. The fourth-order valence-corrected chi connectivity index (χ4v) is 7.34. The van der Waals surface area contributed by atoms with E-state index >= 15 is 0 Å². The van der Waals surface area contributed by atoms with E-state index in [0.717, 1.165) is 50.2 Å². The second-order valence-electron chi connectivity index (χ2n) is 8.09. The molecule has 0 spiro atoms. The zero-order valence-corrected chi connectivity index (χ0v) is 19.1. The van der Waals surface area contributed by atoms with Gasteiger partial charge in [0, 0.05) is 43.6 Å². The number of rotatable bonds is 7. The molecule has 0 aliphatic carbocycles. The van der Waals surface area contributed by atoms with E-state index in [1.54, 1.807) is 12.1 Å². The molecule has 1 aromatic carbocycles. The molecular weight excluding hydrogens is 424 g/mol. The van der Waals surface area contributed by atoms with Crippen LogP contribution in [0.4, 0.5) is 0 Å². The van der Waals surface area contributed by atoms with Crippen LogP contribution in [0, 0.1) is 0 Å². The molecule has 0 aromatic heterocycles. The molecule has 166 valence electrons. The molecule has 3 aliphatic heterocycles. The van der Waals surface area contributed by atoms with Crippen LogP contribution in [0.3, 0.4) is 0 Å². The molecule has 1 amide bonds. The summed E-state index contributed by atoms with van der Waals surface area (Å²) in [6.45, 7) is 2.32. The lowest BCUT2D eigenvalue weighted by Gasteiger charge is -2.31. The first-order chi connectivity index (χ1) is 14.5. The van der Waals surface area contributed by atoms with Crippen molar-refractivity contribution in [3.05, 3.63) is 23.8 Å². The Balaban J connectivity index is 1.64. The minimum atomic E-state index is -3.70. The van der Waals surface area contributed by atoms with Gasteiger partial charge >= 0.3 is 0 Å². The summed E-state index contributed by atoms with van der Waals surface area (Å²) in [4.78, 5) is 15.5. The number of sulfonamides is 1. The number of hydrogen-bond donors (Lipinski definition) is 0. The third kappa shape index (κ3) is 4.49. The van der Waals surface area contributed by atoms with Gasteiger partial charge in [-0.3, -0.25) is 4.79 Å². The van der Waals surface area contributed by atoms with Crippen LogP contribution in [-0.4, -0.2) is 80.5 Å². The number of carbonyl (C=O) groups excluding carboxylic acids is 1. The van der Waals surface area contributed by atoms with Gasteiger partial charge in [0.2, 0.25) is 10.0 Å². The zero-order valence-electron chi connectivity index (χ0n) is 17.4. The van der Waals surface area contributed by atoms with Crippen LogP contribution in [0.2, 0.25) is 0 Å². The number of thioether (sulfide) groups is 1. The van der Waals surface area contributed by atoms with Gasteiger partial charge in [0.25, 0.3) is 5.91 Å². The smallest absolute Gasteiger partial charge is 0.254 e. The first kappa shape index (κ1) is 21.9. The number of ether oxygens (including phenoxy) is 2. The second kappa shape index (κ2) is 9.46. The highest BCUT2D eigenvalue weighted by molar-refractivity contribution is 7.99. The van der Waals surface area contributed by atoms with Crippen molar-refractivity contribution in [3.8, 4) is 5.75 Å². The van der Waals surface area contributed by atoms with Crippen molar-refractivity contribution in [1.82, 2.24) is 9.21 Å². The standard InChI is InChI=1S/C21H30N2O5S2/c1-27-19-7-6-16(13-20(19)30(25,26)22-9-2-3-10-22)21(24)23(17-8-12-29-15-17)14-18-5-4-11-28-18/h6-7,13,17-18H,2-5,8-12,14-15H2,1H3. The fourth-order valence-electron chi connectivity index (χ4n) is 4.42. The molecule has 3 saturated heterocycles. The van der Waals surface area contributed by atoms with E-state index in [1.807, 2.05) is 16.7 Å². The molecule has 1 aromatic rings. The lowest BCUT2D eigenvalue weighted by molar-refractivity contribution is 0.0441. The van der Waals surface area contributed by atoms with E-state index in [9.17, 15) is 13.2 Å². The van der Waals surface area contributed by atoms with Crippen molar-refractivity contribution in [3.63, 3.8) is 0 Å². The maximum atomic E-state index is 13.5. The summed E-state index contributed by atoms with van der Waals surface area (Å²) in [6.07, 6.45) is 4.71. The zero-order chi connectivity index (χ0) is 21.1. The quantitative estimate of drug-likeness (QED) is 0.630. The van der Waals surface area contributed by atoms with Crippen molar-refractivity contribution >= 4 is 27.7 Å². The minimum Gasteiger partial charge on any atom is -0.495 e. The molecule has 4 rings (SSSR count). The molecular formula is C21H30N2O5S2. The summed E-state index contributed by atoms with van der Waals surface area (Å²) in [6, 6.07) is 4.94. The third-order valence-electron chi connectivity index (χ3n) is 6.13. The highest BCUT2D eigenvalue weighted by atomic mass is 32.2. The number of methoxy groups -OCH3 is 1. The monoisotopic (exact) mass is 454 g/mol. The lowest BCUT2D eigenvalue weighted by Crippen LogP contribution is -2.44. The van der Waals surface area contributed by atoms with Crippen LogP contribution < -0.4 is 4.74 Å². The lowest BCUT2D eigenvalue weighted by atomic mass is 10.1. The molecule has 0 saturated carbocycles. The number of benzene rings is 1. The largest absolute Gasteiger partial charge is 0.495 e. The molecule has 30 heavy (non-hydrogen) atoms. The number of amides is 1. The van der Waals surface area contributed by atoms with E-state index in [0.29, 0.717) is 25.2 Å². The SMILES string of the molecule is COc1ccc(C(=O)N(CC2CCCO2)C2CCSC2)cc1S(=O)(=O)N1CCCC1. The van der Waals surface area contributed by atoms with Gasteiger partial charge < -0.3 is 14.4 Å². The van der Waals surface area contributed by atoms with Crippen molar-refractivity contribution in [2.45, 2.75) is 49.1 Å². The summed E-state index contributed by atoms with van der Waals surface area (Å²) in [5.41, 5.74) is 0.392. The Labute approximate surface area is 183 Å². The van der Waals surface area contributed by atoms with Gasteiger partial charge in [-0.2, -0.15) is 16.1 Å². The third-order valence-corrected chi connectivity index (χ3v) is 9.19. The van der Waals surface area contributed by atoms with E-state index in [2.05, 4.69) is 0 Å². The van der Waals surface area contributed by atoms with Crippen molar-refractivity contribution in [2.75, 3.05) is 44.9 Å². The molecule has 2 unspecified atom stereocenters. The maximum Gasteiger partial charge on any atom is 0.254 e. The first-order valence-electron chi connectivity index (χ1n) is 10.7. The summed E-state index contributed by atoms with van der Waals surface area (Å²) >= 11 is 1.85. The highest BCUT2D eigenvalue weighted by Gasteiger charge is 2.34. The van der Waals surface area contributed by atoms with Crippen LogP contribution >= 0.6 is 11.8 Å². The first-order valence-corrected chi connectivity index (χ1v) is 13.3. The molecule has 7 nitrogen and oxygen atoms in total. The van der Waals surface area contributed by atoms with E-state index in [4.69, 9.17) is 9.47 Å². The van der Waals surface area contributed by atoms with E-state index in [-0.39, 0.29) is 28.7 Å². The summed E-state index contributed by atoms with van der Waals surface area (Å²) < 4.78 is 39.0. The van der Waals surface area contributed by atoms with Gasteiger partial charge in [0.15, 0.2) is 0 Å². The number of hydrogen-bond acceptors (Lipinski definition) is 6. The van der Waals surface area contributed by atoms with Crippen LogP contribution in [0.1, 0.15) is 42.5 Å². The van der Waals surface area contributed by atoms with Gasteiger partial charge in [0.1, 0.15) is 10.6 Å². The Morgan fingerprint density at radius 3 is 2.70 bits per heavy atom. The summed E-state index contributed by atoms with van der Waals surface area (Å²) in [5.74, 6) is 2.10. The summed E-state index contributed by atoms with van der Waals surface area (Å²) in [7, 11) is -2.24. The van der Waals surface area contributed by atoms with Gasteiger partial charge in [-0.05, 0) is 56.1 Å². The van der Waals surface area contributed by atoms with Gasteiger partial charge in [-0.25, -0.2) is 8.42 Å². The number of carbonyl (C=O) groups is 1. The predicted octanol–water partition coefficient (Wildman–Crippen LogP) is 2.61. The van der Waals surface area contributed by atoms with Gasteiger partial charge in [-0.15, -0.1) is 0 Å². The second-order valence-corrected chi connectivity index (χ2v) is 11.1. The van der Waals surface area contributed by atoms with Gasteiger partial charge in [0.05, 0.1) is 13.2 Å². The highest BCUT2D eigenvalue weighted by Crippen LogP contribution is 2.31. The molecule has 9 heteroatoms. The van der Waals surface area contributed by atoms with Crippen LogP contribution in [-0.2, 0) is 14.8 Å². The Bertz CT molecular complexity index is 858. The van der Waals surface area contributed by atoms with E-state index < -0.39 is 10.0 Å². The van der Waals surface area contributed by atoms with Crippen molar-refractivity contribution in [1.29, 1.82) is 0 Å². The maximum absolute atomic E-state index is 13.5. The molecule has 3 fully saturated rings. The van der Waals surface area contributed by atoms with Crippen LogP contribution in [0.25, 0.3) is 0 Å². The predicted molar refractivity (Wildman–Crippen MR) is 117 cm³/mol. The Kier molecular flexibility index (Phi) is 6.91. The molecule has 0 radical (unpaired) electrons. The molecule has 0 N–H and O–H groups in total. The Morgan fingerprint density at radius 2 is 2.07 bits per heavy atom. The van der Waals surface area contributed by atoms with Gasteiger partial charge in [-0.1, -0.05) is 0 Å². The summed E-state index contributed by atoms with van der Waals surface area (Å²) in [5, 5.41) is 0. The van der Waals surface area contributed by atoms with E-state index in [1.165, 1.54) is 17.5 Å².